The van der Waals surface area contributed by atoms with Gasteiger partial charge in [0.1, 0.15) is 5.75 Å². The van der Waals surface area contributed by atoms with E-state index in [4.69, 9.17) is 25.8 Å². The molecule has 4 aliphatic rings. The highest BCUT2D eigenvalue weighted by Crippen LogP contribution is 2.69. The Kier molecular flexibility index (Phi) is 5.23. The molecule has 0 unspecified atom stereocenters. The maximum Gasteiger partial charge on any atom is 0.316 e. The van der Waals surface area contributed by atoms with Gasteiger partial charge in [0, 0.05) is 17.0 Å². The number of hydrogen-bond acceptors (Lipinski definition) is 8. The third-order valence-corrected chi connectivity index (χ3v) is 6.73. The molecule has 0 saturated heterocycles. The second kappa shape index (κ2) is 7.98. The number of rotatable bonds is 8. The number of ketones is 2. The maximum atomic E-state index is 12.9. The summed E-state index contributed by atoms with van der Waals surface area (Å²) in [6.45, 7) is -0.148. The van der Waals surface area contributed by atoms with Crippen LogP contribution in [0.1, 0.15) is 42.5 Å². The molecule has 1 aliphatic heterocycles. The molecule has 1 aromatic carbocycles. The molecule has 2 heterocycles. The lowest BCUT2D eigenvalue weighted by Crippen LogP contribution is -2.75. The number of methoxy groups -OCH3 is 1. The lowest BCUT2D eigenvalue weighted by atomic mass is 9.38. The molecular formula is C23H22ClN3O6. The van der Waals surface area contributed by atoms with Crippen molar-refractivity contribution in [2.75, 3.05) is 13.7 Å². The zero-order valence-corrected chi connectivity index (χ0v) is 18.7. The van der Waals surface area contributed by atoms with Crippen LogP contribution in [0.25, 0.3) is 0 Å². The number of aromatic nitrogens is 2. The number of amides is 1. The second-order valence-corrected chi connectivity index (χ2v) is 9.51. The van der Waals surface area contributed by atoms with E-state index in [2.05, 4.69) is 15.3 Å². The average Bonchev–Trinajstić information content (AvgIpc) is 2.76. The first-order valence-corrected chi connectivity index (χ1v) is 11.0. The number of benzene rings is 1. The fourth-order valence-corrected chi connectivity index (χ4v) is 5.41. The SMILES string of the molecule is COc1ncc(OCC(=O)NC23CC(CC(=O)[C@H]4CC(=O)c5cc(Cl)ccc5O4)(C2)C3)cn1. The topological polar surface area (TPSA) is 117 Å². The predicted molar refractivity (Wildman–Crippen MR) is 116 cm³/mol. The van der Waals surface area contributed by atoms with E-state index in [1.54, 1.807) is 18.2 Å². The first-order valence-electron chi connectivity index (χ1n) is 10.6. The number of carbonyl (C=O) groups excluding carboxylic acids is 3. The van der Waals surface area contributed by atoms with Crippen LogP contribution in [0.15, 0.2) is 30.6 Å². The monoisotopic (exact) mass is 471 g/mol. The Balaban J connectivity index is 1.09. The van der Waals surface area contributed by atoms with Crippen molar-refractivity contribution in [2.24, 2.45) is 5.41 Å². The number of halogens is 1. The van der Waals surface area contributed by atoms with Crippen molar-refractivity contribution in [1.29, 1.82) is 0 Å². The van der Waals surface area contributed by atoms with E-state index in [1.165, 1.54) is 19.5 Å². The molecule has 1 N–H and O–H groups in total. The summed E-state index contributed by atoms with van der Waals surface area (Å²) in [6.07, 6.45) is 4.66. The molecule has 172 valence electrons. The Bertz CT molecular complexity index is 1120. The van der Waals surface area contributed by atoms with Crippen molar-refractivity contribution >= 4 is 29.1 Å². The van der Waals surface area contributed by atoms with E-state index in [9.17, 15) is 14.4 Å². The number of hydrogen-bond donors (Lipinski definition) is 1. The summed E-state index contributed by atoms with van der Waals surface area (Å²) in [6, 6.07) is 5.05. The third kappa shape index (κ3) is 4.13. The van der Waals surface area contributed by atoms with Crippen molar-refractivity contribution in [3.63, 3.8) is 0 Å². The highest BCUT2D eigenvalue weighted by atomic mass is 35.5. The summed E-state index contributed by atoms with van der Waals surface area (Å²) in [5.74, 6) is 0.322. The third-order valence-electron chi connectivity index (χ3n) is 6.49. The minimum Gasteiger partial charge on any atom is -0.481 e. The van der Waals surface area contributed by atoms with Gasteiger partial charge in [0.25, 0.3) is 5.91 Å². The molecule has 33 heavy (non-hydrogen) atoms. The van der Waals surface area contributed by atoms with Crippen molar-refractivity contribution in [2.45, 2.75) is 43.7 Å². The Morgan fingerprint density at radius 1 is 1.24 bits per heavy atom. The molecule has 2 aromatic rings. The summed E-state index contributed by atoms with van der Waals surface area (Å²) < 4.78 is 16.1. The van der Waals surface area contributed by atoms with Crippen LogP contribution in [0.3, 0.4) is 0 Å². The van der Waals surface area contributed by atoms with Gasteiger partial charge in [0.2, 0.25) is 0 Å². The number of carbonyl (C=O) groups is 3. The van der Waals surface area contributed by atoms with E-state index < -0.39 is 6.10 Å². The van der Waals surface area contributed by atoms with Gasteiger partial charge in [-0.15, -0.1) is 0 Å². The van der Waals surface area contributed by atoms with Gasteiger partial charge in [-0.25, -0.2) is 0 Å². The van der Waals surface area contributed by atoms with Crippen LogP contribution >= 0.6 is 11.6 Å². The smallest absolute Gasteiger partial charge is 0.316 e. The van der Waals surface area contributed by atoms with Crippen LogP contribution in [0.4, 0.5) is 0 Å². The summed E-state index contributed by atoms with van der Waals surface area (Å²) >= 11 is 5.95. The lowest BCUT2D eigenvalue weighted by molar-refractivity contribution is -0.175. The molecule has 1 amide bonds. The number of Topliss-reactive ketones (excluding diaryl/α,β-unsaturated/α-hetero) is 2. The number of nitrogens with one attached hydrogen (secondary N) is 1. The molecule has 6 rings (SSSR count). The highest BCUT2D eigenvalue weighted by molar-refractivity contribution is 6.31. The Labute approximate surface area is 194 Å². The standard InChI is InChI=1S/C23H22ClN3O6/c1-31-21-25-7-14(8-26-21)32-9-20(30)27-23-10-22(11-23,12-23)6-17(29)19-5-16(28)15-4-13(24)2-3-18(15)33-19/h2-4,7-8,19H,5-6,9-12H2,1H3,(H,27,30)/t19-,22?,23?/m1/s1. The van der Waals surface area contributed by atoms with Gasteiger partial charge in [-0.05, 0) is 42.9 Å². The molecule has 1 aromatic heterocycles. The van der Waals surface area contributed by atoms with Crippen LogP contribution in [0, 0.1) is 5.41 Å². The highest BCUT2D eigenvalue weighted by Gasteiger charge is 2.68. The van der Waals surface area contributed by atoms with E-state index in [0.717, 1.165) is 19.3 Å². The van der Waals surface area contributed by atoms with Gasteiger partial charge < -0.3 is 19.5 Å². The molecule has 0 radical (unpaired) electrons. The summed E-state index contributed by atoms with van der Waals surface area (Å²) in [5.41, 5.74) is 0.0213. The quantitative estimate of drug-likeness (QED) is 0.624. The molecule has 9 nitrogen and oxygen atoms in total. The number of ether oxygens (including phenoxy) is 3. The van der Waals surface area contributed by atoms with Crippen LogP contribution in [0.5, 0.6) is 17.5 Å². The summed E-state index contributed by atoms with van der Waals surface area (Å²) in [5, 5.41) is 3.47. The van der Waals surface area contributed by atoms with Crippen molar-refractivity contribution in [1.82, 2.24) is 15.3 Å². The fraction of sp³-hybridized carbons (Fsp3) is 0.435. The van der Waals surface area contributed by atoms with E-state index in [-0.39, 0.29) is 47.5 Å². The summed E-state index contributed by atoms with van der Waals surface area (Å²) in [4.78, 5) is 45.4. The molecule has 3 saturated carbocycles. The van der Waals surface area contributed by atoms with Gasteiger partial charge in [-0.1, -0.05) is 11.6 Å². The predicted octanol–water partition coefficient (Wildman–Crippen LogP) is 2.55. The molecule has 3 fully saturated rings. The summed E-state index contributed by atoms with van der Waals surface area (Å²) in [7, 11) is 1.46. The largest absolute Gasteiger partial charge is 0.481 e. The molecule has 0 spiro atoms. The zero-order valence-electron chi connectivity index (χ0n) is 17.9. The van der Waals surface area contributed by atoms with Gasteiger partial charge >= 0.3 is 6.01 Å². The average molecular weight is 472 g/mol. The molecule has 1 atom stereocenters. The number of fused-ring (bicyclic) bond motifs is 1. The fourth-order valence-electron chi connectivity index (χ4n) is 5.24. The van der Waals surface area contributed by atoms with E-state index >= 15 is 0 Å². The van der Waals surface area contributed by atoms with E-state index in [1.807, 2.05) is 0 Å². The van der Waals surface area contributed by atoms with Crippen molar-refractivity contribution in [3.8, 4) is 17.5 Å². The van der Waals surface area contributed by atoms with Crippen LogP contribution in [-0.2, 0) is 9.59 Å². The normalized spacial score (nSPS) is 26.7. The number of nitrogens with zero attached hydrogens (tertiary/aromatic N) is 2. The Morgan fingerprint density at radius 2 is 1.97 bits per heavy atom. The minimum atomic E-state index is -0.772. The zero-order chi connectivity index (χ0) is 23.2. The Hall–Kier alpha value is -3.20. The molecule has 3 aliphatic carbocycles. The molecule has 2 bridgehead atoms. The van der Waals surface area contributed by atoms with Gasteiger partial charge in [-0.3, -0.25) is 14.4 Å². The Morgan fingerprint density at radius 3 is 2.67 bits per heavy atom. The van der Waals surface area contributed by atoms with Gasteiger partial charge in [0.15, 0.2) is 30.0 Å². The first kappa shape index (κ1) is 21.6. The van der Waals surface area contributed by atoms with E-state index in [0.29, 0.717) is 28.5 Å². The maximum absolute atomic E-state index is 12.9. The van der Waals surface area contributed by atoms with Crippen molar-refractivity contribution < 1.29 is 28.6 Å². The van der Waals surface area contributed by atoms with Gasteiger partial charge in [-0.2, -0.15) is 9.97 Å². The minimum absolute atomic E-state index is 0.0244. The molecular weight excluding hydrogens is 450 g/mol. The van der Waals surface area contributed by atoms with Gasteiger partial charge in [0.05, 0.1) is 31.5 Å². The van der Waals surface area contributed by atoms with Crippen LogP contribution in [-0.4, -0.2) is 52.8 Å². The van der Waals surface area contributed by atoms with Crippen LogP contribution in [0.2, 0.25) is 5.02 Å². The molecule has 10 heteroatoms. The first-order chi connectivity index (χ1) is 15.8. The van der Waals surface area contributed by atoms with Crippen LogP contribution < -0.4 is 19.5 Å². The van der Waals surface area contributed by atoms with Crippen molar-refractivity contribution in [3.05, 3.63) is 41.2 Å². The lowest BCUT2D eigenvalue weighted by Gasteiger charge is -2.70. The second-order valence-electron chi connectivity index (χ2n) is 9.07.